The van der Waals surface area contributed by atoms with Gasteiger partial charge in [0.2, 0.25) is 0 Å². The van der Waals surface area contributed by atoms with Crippen molar-refractivity contribution in [2.75, 3.05) is 29.4 Å². The van der Waals surface area contributed by atoms with Gasteiger partial charge in [-0.15, -0.1) is 5.10 Å². The number of nitrogens with zero attached hydrogens (tertiary/aromatic N) is 8. The zero-order valence-electron chi connectivity index (χ0n) is 19.8. The van der Waals surface area contributed by atoms with Crippen molar-refractivity contribution in [2.45, 2.75) is 31.2 Å². The molecule has 2 atom stereocenters. The van der Waals surface area contributed by atoms with Gasteiger partial charge in [-0.2, -0.15) is 0 Å². The second kappa shape index (κ2) is 7.94. The predicted octanol–water partition coefficient (Wildman–Crippen LogP) is 1.29. The van der Waals surface area contributed by atoms with E-state index < -0.39 is 34.4 Å². The van der Waals surface area contributed by atoms with Gasteiger partial charge in [0, 0.05) is 44.0 Å². The van der Waals surface area contributed by atoms with E-state index in [4.69, 9.17) is 4.74 Å². The Kier molecular flexibility index (Phi) is 4.71. The first-order valence-corrected chi connectivity index (χ1v) is 12.1. The topological polar surface area (TPSA) is 120 Å². The third-order valence-corrected chi connectivity index (χ3v) is 7.48. The number of carbonyl (C=O) groups excluding carboxylic acids is 1. The average molecular weight is 522 g/mol. The molecule has 1 aliphatic carbocycles. The lowest BCUT2D eigenvalue weighted by atomic mass is 10.2. The normalized spacial score (nSPS) is 22.6. The van der Waals surface area contributed by atoms with E-state index in [9.17, 15) is 14.4 Å². The van der Waals surface area contributed by atoms with E-state index in [1.165, 1.54) is 37.6 Å². The molecule has 38 heavy (non-hydrogen) atoms. The fourth-order valence-electron chi connectivity index (χ4n) is 5.51. The standard InChI is InChI=1S/C24H20F2N8O4/c25-16-10-14(31-13-24(38-23(31)37)12-18(24)32-5-4-28-29-32)11-17(26)20(16)30-6-8-33-21(35)15-2-1-3-27-19(15)22(36)34(33)9-7-30/h1-5,10-11,18H,6-9,12-13H2/t18-,24-/m0/s1. The van der Waals surface area contributed by atoms with Crippen LogP contribution in [0.2, 0.25) is 0 Å². The molecule has 12 nitrogen and oxygen atoms in total. The van der Waals surface area contributed by atoms with Gasteiger partial charge in [0.05, 0.1) is 42.9 Å². The molecular formula is C24H20F2N8O4. The largest absolute Gasteiger partial charge is 0.438 e. The number of pyridine rings is 1. The SMILES string of the molecule is O=C1O[C@@]2(C[C@@H]2n2ccnn2)CN1c1cc(F)c(N2CCn3c(=O)c4cccnc4c(=O)n3CC2)c(F)c1. The van der Waals surface area contributed by atoms with Gasteiger partial charge >= 0.3 is 6.09 Å². The number of hydrogen-bond donors (Lipinski definition) is 0. The maximum Gasteiger partial charge on any atom is 0.415 e. The van der Waals surface area contributed by atoms with Gasteiger partial charge in [-0.05, 0) is 12.1 Å². The van der Waals surface area contributed by atoms with E-state index in [-0.39, 0.29) is 61.0 Å². The van der Waals surface area contributed by atoms with Crippen molar-refractivity contribution in [2.24, 2.45) is 0 Å². The smallest absolute Gasteiger partial charge is 0.415 e. The number of aromatic nitrogens is 6. The van der Waals surface area contributed by atoms with Gasteiger partial charge in [-0.3, -0.25) is 19.5 Å². The van der Waals surface area contributed by atoms with E-state index in [2.05, 4.69) is 15.3 Å². The van der Waals surface area contributed by atoms with E-state index in [1.807, 2.05) is 0 Å². The number of ether oxygens (including phenoxy) is 1. The molecule has 14 heteroatoms. The molecule has 4 aromatic rings. The molecule has 1 saturated carbocycles. The maximum absolute atomic E-state index is 15.4. The summed E-state index contributed by atoms with van der Waals surface area (Å²) in [5, 5.41) is 7.91. The number of amides is 1. The summed E-state index contributed by atoms with van der Waals surface area (Å²) in [5.41, 5.74) is -1.84. The Morgan fingerprint density at radius 2 is 1.71 bits per heavy atom. The van der Waals surface area contributed by atoms with Crippen molar-refractivity contribution in [1.82, 2.24) is 29.3 Å². The highest BCUT2D eigenvalue weighted by Gasteiger charge is 2.65. The first-order valence-electron chi connectivity index (χ1n) is 12.1. The summed E-state index contributed by atoms with van der Waals surface area (Å²) < 4.78 is 40.5. The number of carbonyl (C=O) groups is 1. The van der Waals surface area contributed by atoms with Crippen LogP contribution in [0.4, 0.5) is 25.0 Å². The molecule has 2 aliphatic heterocycles. The fraction of sp³-hybridized carbons (Fsp3) is 0.333. The summed E-state index contributed by atoms with van der Waals surface area (Å²) in [5.74, 6) is -1.73. The van der Waals surface area contributed by atoms with Crippen molar-refractivity contribution < 1.29 is 18.3 Å². The van der Waals surface area contributed by atoms with Crippen LogP contribution in [0.3, 0.4) is 0 Å². The van der Waals surface area contributed by atoms with Crippen LogP contribution >= 0.6 is 0 Å². The molecular weight excluding hydrogens is 502 g/mol. The highest BCUT2D eigenvalue weighted by atomic mass is 19.1. The summed E-state index contributed by atoms with van der Waals surface area (Å²) in [4.78, 5) is 45.3. The molecule has 5 heterocycles. The van der Waals surface area contributed by atoms with Gasteiger partial charge in [0.25, 0.3) is 11.1 Å². The molecule has 3 aliphatic rings. The molecule has 1 aromatic carbocycles. The highest BCUT2D eigenvalue weighted by Crippen LogP contribution is 2.54. The number of anilines is 2. The fourth-order valence-corrected chi connectivity index (χ4v) is 5.51. The third kappa shape index (κ3) is 3.25. The number of fused-ring (bicyclic) bond motifs is 2. The van der Waals surface area contributed by atoms with Crippen LogP contribution in [0.5, 0.6) is 0 Å². The van der Waals surface area contributed by atoms with E-state index in [0.29, 0.717) is 6.42 Å². The van der Waals surface area contributed by atoms with Crippen LogP contribution in [-0.4, -0.2) is 60.7 Å². The molecule has 1 spiro atoms. The molecule has 7 rings (SSSR count). The Hall–Kier alpha value is -4.62. The molecule has 1 saturated heterocycles. The molecule has 0 radical (unpaired) electrons. The van der Waals surface area contributed by atoms with Crippen LogP contribution in [0, 0.1) is 11.6 Å². The zero-order chi connectivity index (χ0) is 26.2. The van der Waals surface area contributed by atoms with Crippen LogP contribution in [0.15, 0.2) is 52.4 Å². The highest BCUT2D eigenvalue weighted by molar-refractivity contribution is 5.91. The third-order valence-electron chi connectivity index (χ3n) is 7.48. The van der Waals surface area contributed by atoms with Crippen molar-refractivity contribution in [3.8, 4) is 0 Å². The predicted molar refractivity (Wildman–Crippen MR) is 129 cm³/mol. The van der Waals surface area contributed by atoms with Crippen molar-refractivity contribution >= 4 is 28.4 Å². The van der Waals surface area contributed by atoms with E-state index >= 15 is 8.78 Å². The minimum Gasteiger partial charge on any atom is -0.438 e. The Morgan fingerprint density at radius 1 is 0.974 bits per heavy atom. The first kappa shape index (κ1) is 22.6. The Morgan fingerprint density at radius 3 is 2.42 bits per heavy atom. The van der Waals surface area contributed by atoms with Crippen molar-refractivity contribution in [3.05, 3.63) is 75.2 Å². The monoisotopic (exact) mass is 522 g/mol. The molecule has 0 bridgehead atoms. The van der Waals surface area contributed by atoms with E-state index in [0.717, 1.165) is 12.1 Å². The summed E-state index contributed by atoms with van der Waals surface area (Å²) in [6.07, 6.45) is 4.47. The Balaban J connectivity index is 1.16. The van der Waals surface area contributed by atoms with Crippen LogP contribution < -0.4 is 20.9 Å². The molecule has 1 amide bonds. The number of hydrogen-bond acceptors (Lipinski definition) is 8. The minimum atomic E-state index is -0.866. The van der Waals surface area contributed by atoms with Crippen LogP contribution in [0.1, 0.15) is 12.5 Å². The quantitative estimate of drug-likeness (QED) is 0.395. The summed E-state index contributed by atoms with van der Waals surface area (Å²) in [7, 11) is 0. The van der Waals surface area contributed by atoms with Crippen molar-refractivity contribution in [1.29, 1.82) is 0 Å². The second-order valence-corrected chi connectivity index (χ2v) is 9.62. The van der Waals surface area contributed by atoms with Gasteiger partial charge in [0.15, 0.2) is 17.2 Å². The molecule has 0 N–H and O–H groups in total. The number of halogens is 2. The minimum absolute atomic E-state index is 0.0336. The molecule has 0 unspecified atom stereocenters. The molecule has 194 valence electrons. The first-order chi connectivity index (χ1) is 18.4. The van der Waals surface area contributed by atoms with Gasteiger partial charge in [0.1, 0.15) is 11.2 Å². The summed E-state index contributed by atoms with van der Waals surface area (Å²) in [6, 6.07) is 5.11. The molecule has 3 aromatic heterocycles. The number of rotatable bonds is 3. The Labute approximate surface area is 212 Å². The summed E-state index contributed by atoms with van der Waals surface area (Å²) in [6.45, 7) is 0.378. The number of benzene rings is 1. The Bertz CT molecular complexity index is 1650. The van der Waals surface area contributed by atoms with E-state index in [1.54, 1.807) is 16.9 Å². The zero-order valence-corrected chi connectivity index (χ0v) is 19.8. The molecule has 2 fully saturated rings. The van der Waals surface area contributed by atoms with Gasteiger partial charge in [-0.1, -0.05) is 5.21 Å². The lowest BCUT2D eigenvalue weighted by Gasteiger charge is -2.24. The van der Waals surface area contributed by atoms with Crippen LogP contribution in [0.25, 0.3) is 10.9 Å². The average Bonchev–Trinajstić information content (AvgIpc) is 3.21. The lowest BCUT2D eigenvalue weighted by molar-refractivity contribution is 0.118. The van der Waals surface area contributed by atoms with Crippen LogP contribution in [-0.2, 0) is 17.8 Å². The lowest BCUT2D eigenvalue weighted by Crippen LogP contribution is -2.39. The van der Waals surface area contributed by atoms with Gasteiger partial charge < -0.3 is 9.64 Å². The second-order valence-electron chi connectivity index (χ2n) is 9.62. The van der Waals surface area contributed by atoms with Gasteiger partial charge in [-0.25, -0.2) is 27.6 Å². The summed E-state index contributed by atoms with van der Waals surface area (Å²) >= 11 is 0. The maximum atomic E-state index is 15.4. The van der Waals surface area contributed by atoms with Crippen molar-refractivity contribution in [3.63, 3.8) is 0 Å².